The Morgan fingerprint density at radius 2 is 2.11 bits per heavy atom. The lowest BCUT2D eigenvalue weighted by Gasteiger charge is -2.01. The fraction of sp³-hybridized carbons (Fsp3) is 0.154. The van der Waals surface area contributed by atoms with E-state index in [9.17, 15) is 0 Å². The standard InChI is InChI=1S/C13H12ClN3S/c14-13-10-3-1-2-4-11(10)18-12(13)8-15-7-9-5-6-16-17-9/h1-6,15H,7-8H2,(H,16,17). The molecule has 3 nitrogen and oxygen atoms in total. The van der Waals surface area contributed by atoms with Crippen LogP contribution in [0.4, 0.5) is 0 Å². The number of hydrogen-bond acceptors (Lipinski definition) is 3. The summed E-state index contributed by atoms with van der Waals surface area (Å²) in [6.07, 6.45) is 1.75. The summed E-state index contributed by atoms with van der Waals surface area (Å²) < 4.78 is 1.24. The van der Waals surface area contributed by atoms with E-state index in [1.54, 1.807) is 17.5 Å². The van der Waals surface area contributed by atoms with Crippen molar-refractivity contribution in [2.45, 2.75) is 13.1 Å². The van der Waals surface area contributed by atoms with Crippen LogP contribution < -0.4 is 5.32 Å². The number of H-pyrrole nitrogens is 1. The molecule has 0 radical (unpaired) electrons. The van der Waals surface area contributed by atoms with Gasteiger partial charge in [-0.15, -0.1) is 11.3 Å². The molecule has 0 bridgehead atoms. The van der Waals surface area contributed by atoms with Crippen LogP contribution >= 0.6 is 22.9 Å². The quantitative estimate of drug-likeness (QED) is 0.765. The van der Waals surface area contributed by atoms with Gasteiger partial charge in [-0.2, -0.15) is 5.10 Å². The molecule has 0 aliphatic carbocycles. The van der Waals surface area contributed by atoms with Gasteiger partial charge in [0.1, 0.15) is 0 Å². The van der Waals surface area contributed by atoms with Gasteiger partial charge in [0.25, 0.3) is 0 Å². The molecule has 0 aliphatic heterocycles. The van der Waals surface area contributed by atoms with Crippen LogP contribution in [-0.2, 0) is 13.1 Å². The highest BCUT2D eigenvalue weighted by atomic mass is 35.5. The largest absolute Gasteiger partial charge is 0.306 e. The van der Waals surface area contributed by atoms with Crippen molar-refractivity contribution in [2.75, 3.05) is 0 Å². The highest BCUT2D eigenvalue weighted by Gasteiger charge is 2.09. The third kappa shape index (κ3) is 2.27. The van der Waals surface area contributed by atoms with Crippen molar-refractivity contribution in [3.8, 4) is 0 Å². The SMILES string of the molecule is Clc1c(CNCc2ccn[nH]2)sc2ccccc12. The summed E-state index contributed by atoms with van der Waals surface area (Å²) in [7, 11) is 0. The number of aromatic amines is 1. The number of nitrogens with one attached hydrogen (secondary N) is 2. The molecule has 0 amide bonds. The normalized spacial score (nSPS) is 11.2. The topological polar surface area (TPSA) is 40.7 Å². The second-order valence-corrected chi connectivity index (χ2v) is 5.54. The average molecular weight is 278 g/mol. The van der Waals surface area contributed by atoms with E-state index in [4.69, 9.17) is 11.6 Å². The summed E-state index contributed by atoms with van der Waals surface area (Å²) in [5, 5.41) is 12.2. The molecule has 5 heteroatoms. The minimum absolute atomic E-state index is 0.768. The smallest absolute Gasteiger partial charge is 0.0636 e. The first-order valence-corrected chi connectivity index (χ1v) is 6.89. The maximum Gasteiger partial charge on any atom is 0.0636 e. The molecule has 3 aromatic rings. The number of fused-ring (bicyclic) bond motifs is 1. The number of rotatable bonds is 4. The lowest BCUT2D eigenvalue weighted by molar-refractivity contribution is 0.684. The molecule has 18 heavy (non-hydrogen) atoms. The molecule has 0 saturated carbocycles. The zero-order valence-corrected chi connectivity index (χ0v) is 11.2. The van der Waals surface area contributed by atoms with E-state index in [0.717, 1.165) is 29.2 Å². The first kappa shape index (κ1) is 11.7. The third-order valence-electron chi connectivity index (χ3n) is 2.76. The minimum Gasteiger partial charge on any atom is -0.306 e. The number of aromatic nitrogens is 2. The Kier molecular flexibility index (Phi) is 3.32. The van der Waals surface area contributed by atoms with Gasteiger partial charge in [-0.05, 0) is 12.1 Å². The Balaban J connectivity index is 1.73. The van der Waals surface area contributed by atoms with Crippen molar-refractivity contribution in [3.05, 3.63) is 52.1 Å². The summed E-state index contributed by atoms with van der Waals surface area (Å²) in [4.78, 5) is 1.18. The lowest BCUT2D eigenvalue weighted by Crippen LogP contribution is -2.12. The van der Waals surface area contributed by atoms with Crippen LogP contribution in [0.2, 0.25) is 5.02 Å². The van der Waals surface area contributed by atoms with Gasteiger partial charge in [-0.3, -0.25) is 5.10 Å². The molecule has 0 spiro atoms. The minimum atomic E-state index is 0.768. The molecule has 0 fully saturated rings. The first-order valence-electron chi connectivity index (χ1n) is 5.69. The summed E-state index contributed by atoms with van der Waals surface area (Å²) in [5.74, 6) is 0. The van der Waals surface area contributed by atoms with Gasteiger partial charge in [0, 0.05) is 39.9 Å². The number of nitrogens with zero attached hydrogens (tertiary/aromatic N) is 1. The van der Waals surface area contributed by atoms with Crippen molar-refractivity contribution in [1.29, 1.82) is 0 Å². The van der Waals surface area contributed by atoms with Gasteiger partial charge in [0.2, 0.25) is 0 Å². The molecular weight excluding hydrogens is 266 g/mol. The van der Waals surface area contributed by atoms with Crippen molar-refractivity contribution in [3.63, 3.8) is 0 Å². The number of thiophene rings is 1. The Morgan fingerprint density at radius 1 is 1.22 bits per heavy atom. The van der Waals surface area contributed by atoms with Crippen LogP contribution in [0.5, 0.6) is 0 Å². The number of benzene rings is 1. The average Bonchev–Trinajstić information content (AvgIpc) is 3.00. The van der Waals surface area contributed by atoms with E-state index < -0.39 is 0 Å². The maximum atomic E-state index is 6.37. The van der Waals surface area contributed by atoms with Crippen molar-refractivity contribution >= 4 is 33.0 Å². The van der Waals surface area contributed by atoms with E-state index in [0.29, 0.717) is 0 Å². The van der Waals surface area contributed by atoms with E-state index in [1.165, 1.54) is 9.58 Å². The molecule has 0 saturated heterocycles. The highest BCUT2D eigenvalue weighted by Crippen LogP contribution is 2.34. The Morgan fingerprint density at radius 3 is 2.89 bits per heavy atom. The fourth-order valence-electron chi connectivity index (χ4n) is 1.87. The second-order valence-electron chi connectivity index (χ2n) is 4.02. The van der Waals surface area contributed by atoms with Gasteiger partial charge >= 0.3 is 0 Å². The third-order valence-corrected chi connectivity index (χ3v) is 4.48. The van der Waals surface area contributed by atoms with E-state index in [1.807, 2.05) is 18.2 Å². The van der Waals surface area contributed by atoms with Crippen LogP contribution in [0.25, 0.3) is 10.1 Å². The summed E-state index contributed by atoms with van der Waals surface area (Å²) >= 11 is 8.11. The van der Waals surface area contributed by atoms with Gasteiger partial charge in [0.15, 0.2) is 0 Å². The van der Waals surface area contributed by atoms with Gasteiger partial charge < -0.3 is 5.32 Å². The van der Waals surface area contributed by atoms with Crippen LogP contribution in [0.1, 0.15) is 10.6 Å². The predicted octanol–water partition coefficient (Wildman–Crippen LogP) is 3.57. The van der Waals surface area contributed by atoms with Crippen molar-refractivity contribution in [2.24, 2.45) is 0 Å². The number of hydrogen-bond donors (Lipinski definition) is 2. The molecule has 2 heterocycles. The van der Waals surface area contributed by atoms with Crippen LogP contribution in [-0.4, -0.2) is 10.2 Å². The van der Waals surface area contributed by atoms with Crippen LogP contribution in [0, 0.1) is 0 Å². The van der Waals surface area contributed by atoms with Gasteiger partial charge in [0.05, 0.1) is 5.02 Å². The van der Waals surface area contributed by atoms with E-state index in [-0.39, 0.29) is 0 Å². The Bertz CT molecular complexity index is 645. The summed E-state index contributed by atoms with van der Waals surface area (Å²) in [5.41, 5.74) is 1.08. The molecular formula is C13H12ClN3S. The molecule has 1 aromatic carbocycles. The molecule has 2 aromatic heterocycles. The highest BCUT2D eigenvalue weighted by molar-refractivity contribution is 7.19. The van der Waals surface area contributed by atoms with Crippen LogP contribution in [0.15, 0.2) is 36.5 Å². The van der Waals surface area contributed by atoms with E-state index in [2.05, 4.69) is 27.6 Å². The van der Waals surface area contributed by atoms with Gasteiger partial charge in [-0.1, -0.05) is 29.8 Å². The number of halogens is 1. The molecule has 92 valence electrons. The molecule has 0 unspecified atom stereocenters. The van der Waals surface area contributed by atoms with E-state index >= 15 is 0 Å². The summed E-state index contributed by atoms with van der Waals surface area (Å²) in [6, 6.07) is 10.2. The molecule has 2 N–H and O–H groups in total. The fourth-order valence-corrected chi connectivity index (χ4v) is 3.34. The zero-order chi connectivity index (χ0) is 12.4. The maximum absolute atomic E-state index is 6.37. The lowest BCUT2D eigenvalue weighted by atomic mass is 10.2. The zero-order valence-electron chi connectivity index (χ0n) is 9.61. The second kappa shape index (κ2) is 5.10. The predicted molar refractivity (Wildman–Crippen MR) is 76.0 cm³/mol. The first-order chi connectivity index (χ1) is 8.84. The summed E-state index contributed by atoms with van der Waals surface area (Å²) in [6.45, 7) is 1.54. The van der Waals surface area contributed by atoms with Crippen molar-refractivity contribution in [1.82, 2.24) is 15.5 Å². The Hall–Kier alpha value is -1.36. The molecule has 0 aliphatic rings. The monoisotopic (exact) mass is 277 g/mol. The Labute approximate surface area is 114 Å². The van der Waals surface area contributed by atoms with Crippen molar-refractivity contribution < 1.29 is 0 Å². The molecule has 0 atom stereocenters. The van der Waals surface area contributed by atoms with Crippen LogP contribution in [0.3, 0.4) is 0 Å². The van der Waals surface area contributed by atoms with Gasteiger partial charge in [-0.25, -0.2) is 0 Å². The molecule has 3 rings (SSSR count).